The summed E-state index contributed by atoms with van der Waals surface area (Å²) >= 11 is 2.25. The smallest absolute Gasteiger partial charge is 0.332 e. The van der Waals surface area contributed by atoms with Gasteiger partial charge in [-0.15, -0.1) is 0 Å². The monoisotopic (exact) mass is 380 g/mol. The third kappa shape index (κ3) is 10.4. The molecule has 17 heavy (non-hydrogen) atoms. The molecule has 0 heterocycles. The largest absolute Gasteiger partial charge is 0.378 e. The molecule has 5 nitrogen and oxygen atoms in total. The first-order valence-electron chi connectivity index (χ1n) is 5.78. The summed E-state index contributed by atoms with van der Waals surface area (Å²) in [4.78, 5) is 0. The third-order valence-corrected chi connectivity index (χ3v) is 4.23. The van der Waals surface area contributed by atoms with E-state index in [1.54, 1.807) is 13.8 Å². The van der Waals surface area contributed by atoms with Crippen molar-refractivity contribution in [2.75, 3.05) is 50.2 Å². The van der Waals surface area contributed by atoms with Gasteiger partial charge in [-0.2, -0.15) is 0 Å². The molecule has 0 unspecified atom stereocenters. The van der Waals surface area contributed by atoms with Crippen molar-refractivity contribution in [3.63, 3.8) is 0 Å². The molecule has 0 aliphatic carbocycles. The maximum Gasteiger partial charge on any atom is 0.332 e. The van der Waals surface area contributed by atoms with Crippen LogP contribution in [0.3, 0.4) is 0 Å². The lowest BCUT2D eigenvalue weighted by Gasteiger charge is -2.16. The Morgan fingerprint density at radius 1 is 0.941 bits per heavy atom. The Morgan fingerprint density at radius 3 is 1.94 bits per heavy atom. The minimum atomic E-state index is -2.95. The van der Waals surface area contributed by atoms with Crippen LogP contribution in [0, 0.1) is 0 Å². The predicted molar refractivity (Wildman–Crippen MR) is 76.3 cm³/mol. The Balaban J connectivity index is 3.58. The van der Waals surface area contributed by atoms with Gasteiger partial charge in [0, 0.05) is 4.43 Å². The maximum absolute atomic E-state index is 12.0. The fraction of sp³-hybridized carbons (Fsp3) is 1.00. The Bertz CT molecular complexity index is 205. The van der Waals surface area contributed by atoms with E-state index in [-0.39, 0.29) is 0 Å². The van der Waals surface area contributed by atoms with Gasteiger partial charge in [-0.1, -0.05) is 22.6 Å². The second-order valence-corrected chi connectivity index (χ2v) is 6.35. The Kier molecular flexibility index (Phi) is 12.4. The zero-order valence-corrected chi connectivity index (χ0v) is 13.6. The number of alkyl halides is 1. The summed E-state index contributed by atoms with van der Waals surface area (Å²) in [5.74, 6) is 0. The summed E-state index contributed by atoms with van der Waals surface area (Å²) in [6, 6.07) is 0. The van der Waals surface area contributed by atoms with Crippen LogP contribution in [-0.2, 0) is 23.1 Å². The lowest BCUT2D eigenvalue weighted by atomic mass is 10.7. The summed E-state index contributed by atoms with van der Waals surface area (Å²) in [6.07, 6.45) is 0.293. The lowest BCUT2D eigenvalue weighted by Crippen LogP contribution is -2.10. The maximum atomic E-state index is 12.0. The number of rotatable bonds is 12. The summed E-state index contributed by atoms with van der Waals surface area (Å²) in [7, 11) is -2.95. The molecule has 0 fully saturated rings. The van der Waals surface area contributed by atoms with E-state index < -0.39 is 7.60 Å². The summed E-state index contributed by atoms with van der Waals surface area (Å²) in [5.41, 5.74) is 0. The SMILES string of the molecule is CCOP(=O)(CCOCCOCCI)OCC. The highest BCUT2D eigenvalue weighted by molar-refractivity contribution is 14.1. The average molecular weight is 380 g/mol. The van der Waals surface area contributed by atoms with Gasteiger partial charge in [0.05, 0.1) is 45.8 Å². The topological polar surface area (TPSA) is 54.0 Å². The van der Waals surface area contributed by atoms with Gasteiger partial charge in [0.25, 0.3) is 0 Å². The lowest BCUT2D eigenvalue weighted by molar-refractivity contribution is 0.0587. The van der Waals surface area contributed by atoms with Crippen LogP contribution in [0.5, 0.6) is 0 Å². The molecule has 0 rings (SSSR count). The van der Waals surface area contributed by atoms with Crippen LogP contribution in [0.25, 0.3) is 0 Å². The van der Waals surface area contributed by atoms with Crippen molar-refractivity contribution in [1.29, 1.82) is 0 Å². The van der Waals surface area contributed by atoms with Gasteiger partial charge in [0.15, 0.2) is 0 Å². The van der Waals surface area contributed by atoms with Gasteiger partial charge >= 0.3 is 7.60 Å². The Hall–Kier alpha value is 0.800. The van der Waals surface area contributed by atoms with E-state index in [4.69, 9.17) is 18.5 Å². The first-order chi connectivity index (χ1) is 8.18. The summed E-state index contributed by atoms with van der Waals surface area (Å²) in [6.45, 7) is 6.54. The van der Waals surface area contributed by atoms with Gasteiger partial charge in [0.1, 0.15) is 0 Å². The van der Waals surface area contributed by atoms with E-state index in [1.165, 1.54) is 0 Å². The van der Waals surface area contributed by atoms with Crippen molar-refractivity contribution in [3.05, 3.63) is 0 Å². The predicted octanol–water partition coefficient (Wildman–Crippen LogP) is 2.72. The molecule has 0 atom stereocenters. The van der Waals surface area contributed by atoms with E-state index >= 15 is 0 Å². The fourth-order valence-corrected chi connectivity index (χ4v) is 2.90. The quantitative estimate of drug-likeness (QED) is 0.226. The van der Waals surface area contributed by atoms with Crippen LogP contribution in [-0.4, -0.2) is 50.2 Å². The van der Waals surface area contributed by atoms with Crippen molar-refractivity contribution in [1.82, 2.24) is 0 Å². The molecule has 0 aliphatic rings. The molecule has 104 valence electrons. The Labute approximate surface area is 117 Å². The van der Waals surface area contributed by atoms with Gasteiger partial charge in [0.2, 0.25) is 0 Å². The molecular formula is C10H22IO5P. The van der Waals surface area contributed by atoms with Gasteiger partial charge in [-0.25, -0.2) is 0 Å². The van der Waals surface area contributed by atoms with Crippen molar-refractivity contribution < 1.29 is 23.1 Å². The normalized spacial score (nSPS) is 11.9. The zero-order chi connectivity index (χ0) is 13.0. The van der Waals surface area contributed by atoms with Crippen molar-refractivity contribution >= 4 is 30.2 Å². The minimum Gasteiger partial charge on any atom is -0.378 e. The van der Waals surface area contributed by atoms with Crippen LogP contribution in [0.2, 0.25) is 0 Å². The molecule has 0 aromatic rings. The highest BCUT2D eigenvalue weighted by Gasteiger charge is 2.22. The average Bonchev–Trinajstić information content (AvgIpc) is 2.28. The molecule has 0 aliphatic heterocycles. The second kappa shape index (κ2) is 11.9. The van der Waals surface area contributed by atoms with Crippen LogP contribution >= 0.6 is 30.2 Å². The van der Waals surface area contributed by atoms with E-state index in [9.17, 15) is 4.57 Å². The number of ether oxygens (including phenoxy) is 2. The number of halogens is 1. The summed E-state index contributed by atoms with van der Waals surface area (Å²) < 4.78 is 33.8. The molecular weight excluding hydrogens is 358 g/mol. The second-order valence-electron chi connectivity index (χ2n) is 3.08. The number of hydrogen-bond acceptors (Lipinski definition) is 5. The molecule has 0 radical (unpaired) electrons. The third-order valence-electron chi connectivity index (χ3n) is 1.75. The van der Waals surface area contributed by atoms with E-state index in [0.29, 0.717) is 39.2 Å². The minimum absolute atomic E-state index is 0.293. The fourth-order valence-electron chi connectivity index (χ4n) is 1.11. The van der Waals surface area contributed by atoms with Gasteiger partial charge in [-0.3, -0.25) is 4.57 Å². The summed E-state index contributed by atoms with van der Waals surface area (Å²) in [5, 5.41) is 0. The number of hydrogen-bond donors (Lipinski definition) is 0. The van der Waals surface area contributed by atoms with E-state index in [1.807, 2.05) is 0 Å². The van der Waals surface area contributed by atoms with Crippen molar-refractivity contribution in [2.45, 2.75) is 13.8 Å². The molecule has 0 N–H and O–H groups in total. The standard InChI is InChI=1S/C10H22IO5P/c1-3-15-17(12,16-4-2)10-9-14-8-7-13-6-5-11/h3-10H2,1-2H3. The highest BCUT2D eigenvalue weighted by atomic mass is 127. The molecule has 0 bridgehead atoms. The molecule has 0 saturated heterocycles. The molecule has 0 aromatic carbocycles. The van der Waals surface area contributed by atoms with E-state index in [0.717, 1.165) is 11.0 Å². The van der Waals surface area contributed by atoms with Crippen molar-refractivity contribution in [3.8, 4) is 0 Å². The molecule has 7 heteroatoms. The zero-order valence-electron chi connectivity index (χ0n) is 10.5. The first kappa shape index (κ1) is 17.8. The van der Waals surface area contributed by atoms with Crippen LogP contribution < -0.4 is 0 Å². The van der Waals surface area contributed by atoms with Gasteiger partial charge in [-0.05, 0) is 13.8 Å². The molecule has 0 spiro atoms. The highest BCUT2D eigenvalue weighted by Crippen LogP contribution is 2.47. The van der Waals surface area contributed by atoms with Crippen LogP contribution in [0.1, 0.15) is 13.8 Å². The molecule has 0 aromatic heterocycles. The van der Waals surface area contributed by atoms with Crippen molar-refractivity contribution in [2.24, 2.45) is 0 Å². The van der Waals surface area contributed by atoms with Crippen LogP contribution in [0.15, 0.2) is 0 Å². The first-order valence-corrected chi connectivity index (χ1v) is 9.03. The molecule has 0 amide bonds. The van der Waals surface area contributed by atoms with Crippen LogP contribution in [0.4, 0.5) is 0 Å². The molecule has 0 saturated carbocycles. The van der Waals surface area contributed by atoms with E-state index in [2.05, 4.69) is 22.6 Å². The van der Waals surface area contributed by atoms with Gasteiger partial charge < -0.3 is 18.5 Å². The Morgan fingerprint density at radius 2 is 1.47 bits per heavy atom.